The van der Waals surface area contributed by atoms with Gasteiger partial charge in [-0.3, -0.25) is 14.8 Å². The molecule has 1 N–H and O–H groups in total. The number of aromatic nitrogens is 9. The number of aryl methyl sites for hydroxylation is 1. The zero-order chi connectivity index (χ0) is 17.2. The molecule has 0 atom stereocenters. The molecule has 0 spiro atoms. The van der Waals surface area contributed by atoms with E-state index in [0.29, 0.717) is 5.65 Å². The zero-order valence-corrected chi connectivity index (χ0v) is 13.3. The number of hydrogen-bond donors (Lipinski definition) is 1. The third-order valence-electron chi connectivity index (χ3n) is 3.59. The van der Waals surface area contributed by atoms with Crippen LogP contribution in [0.15, 0.2) is 36.9 Å². The molecule has 0 saturated carbocycles. The van der Waals surface area contributed by atoms with Gasteiger partial charge in [-0.1, -0.05) is 0 Å². The summed E-state index contributed by atoms with van der Waals surface area (Å²) in [6.07, 6.45) is 4.97. The summed E-state index contributed by atoms with van der Waals surface area (Å²) in [6, 6.07) is 5.72. The van der Waals surface area contributed by atoms with Gasteiger partial charge in [-0.15, -0.1) is 10.2 Å². The molecule has 0 saturated heterocycles. The Morgan fingerprint density at radius 2 is 2.20 bits per heavy atom. The lowest BCUT2D eigenvalue weighted by molar-refractivity contribution is -0.117. The number of rotatable bonds is 5. The largest absolute Gasteiger partial charge is 0.292 e. The molecule has 0 bridgehead atoms. The molecule has 126 valence electrons. The summed E-state index contributed by atoms with van der Waals surface area (Å²) in [4.78, 5) is 16.2. The van der Waals surface area contributed by atoms with Gasteiger partial charge >= 0.3 is 0 Å². The molecular weight excluding hydrogens is 324 g/mol. The molecule has 0 aliphatic carbocycles. The number of hydrogen-bond acceptors (Lipinski definition) is 7. The Labute approximate surface area is 141 Å². The van der Waals surface area contributed by atoms with E-state index in [1.54, 1.807) is 10.7 Å². The Morgan fingerprint density at radius 3 is 3.00 bits per heavy atom. The Bertz CT molecular complexity index is 1020. The smallest absolute Gasteiger partial charge is 0.249 e. The summed E-state index contributed by atoms with van der Waals surface area (Å²) in [5.41, 5.74) is 2.58. The predicted molar refractivity (Wildman–Crippen MR) is 86.3 cm³/mol. The number of amides is 1. The molecule has 0 aliphatic rings. The lowest BCUT2D eigenvalue weighted by Gasteiger charge is -2.04. The summed E-state index contributed by atoms with van der Waals surface area (Å²) in [6.45, 7) is 2.79. The first-order valence-corrected chi connectivity index (χ1v) is 7.62. The molecular formula is C14H14N10O. The first kappa shape index (κ1) is 14.9. The van der Waals surface area contributed by atoms with E-state index in [1.165, 1.54) is 11.0 Å². The molecule has 11 nitrogen and oxygen atoms in total. The van der Waals surface area contributed by atoms with Gasteiger partial charge in [0.05, 0.1) is 5.69 Å². The Kier molecular flexibility index (Phi) is 3.65. The van der Waals surface area contributed by atoms with Crippen LogP contribution < -0.4 is 5.32 Å². The molecule has 4 aromatic heterocycles. The van der Waals surface area contributed by atoms with Gasteiger partial charge in [0.25, 0.3) is 0 Å². The van der Waals surface area contributed by atoms with E-state index in [2.05, 4.69) is 36.0 Å². The maximum Gasteiger partial charge on any atom is 0.249 e. The maximum absolute atomic E-state index is 12.0. The van der Waals surface area contributed by atoms with Crippen molar-refractivity contribution in [2.45, 2.75) is 20.0 Å². The van der Waals surface area contributed by atoms with Crippen LogP contribution in [0.3, 0.4) is 0 Å². The van der Waals surface area contributed by atoms with Crippen molar-refractivity contribution in [2.24, 2.45) is 0 Å². The number of anilines is 1. The van der Waals surface area contributed by atoms with Crippen molar-refractivity contribution in [3.05, 3.63) is 36.9 Å². The summed E-state index contributed by atoms with van der Waals surface area (Å²) in [7, 11) is 0. The fraction of sp³-hybridized carbons (Fsp3) is 0.214. The highest BCUT2D eigenvalue weighted by Gasteiger charge is 2.11. The van der Waals surface area contributed by atoms with E-state index in [0.717, 1.165) is 17.8 Å². The number of nitrogens with one attached hydrogen (secondary N) is 1. The number of nitrogens with zero attached hydrogens (tertiary/aromatic N) is 9. The summed E-state index contributed by atoms with van der Waals surface area (Å²) in [5, 5.41) is 21.8. The molecule has 25 heavy (non-hydrogen) atoms. The third-order valence-corrected chi connectivity index (χ3v) is 3.59. The van der Waals surface area contributed by atoms with Crippen molar-refractivity contribution in [1.29, 1.82) is 0 Å². The number of tetrazole rings is 1. The van der Waals surface area contributed by atoms with E-state index >= 15 is 0 Å². The van der Waals surface area contributed by atoms with Crippen LogP contribution in [0.4, 0.5) is 5.95 Å². The van der Waals surface area contributed by atoms with Crippen LogP contribution in [-0.2, 0) is 17.9 Å². The minimum Gasteiger partial charge on any atom is -0.292 e. The lowest BCUT2D eigenvalue weighted by atomic mass is 10.2. The van der Waals surface area contributed by atoms with Crippen LogP contribution in [0.2, 0.25) is 0 Å². The highest BCUT2D eigenvalue weighted by Crippen LogP contribution is 2.19. The highest BCUT2D eigenvalue weighted by molar-refractivity contribution is 5.88. The van der Waals surface area contributed by atoms with E-state index < -0.39 is 0 Å². The molecule has 4 rings (SSSR count). The molecule has 0 aliphatic heterocycles. The van der Waals surface area contributed by atoms with E-state index in [9.17, 15) is 4.79 Å². The fourth-order valence-corrected chi connectivity index (χ4v) is 2.48. The van der Waals surface area contributed by atoms with Gasteiger partial charge in [-0.05, 0) is 35.5 Å². The Hall–Kier alpha value is -3.63. The van der Waals surface area contributed by atoms with Gasteiger partial charge in [0.2, 0.25) is 11.9 Å². The second-order valence-electron chi connectivity index (χ2n) is 5.24. The number of carbonyl (C=O) groups is 1. The van der Waals surface area contributed by atoms with E-state index in [-0.39, 0.29) is 18.4 Å². The van der Waals surface area contributed by atoms with Gasteiger partial charge in [0.1, 0.15) is 12.9 Å². The van der Waals surface area contributed by atoms with Crippen molar-refractivity contribution in [3.8, 4) is 11.3 Å². The van der Waals surface area contributed by atoms with Crippen LogP contribution in [-0.4, -0.2) is 50.5 Å². The first-order valence-electron chi connectivity index (χ1n) is 7.62. The Morgan fingerprint density at radius 1 is 1.28 bits per heavy atom. The SMILES string of the molecule is CCn1nccc1-c1ccc2nc(NC(=O)Cn3cnnn3)nn2c1. The van der Waals surface area contributed by atoms with Crippen molar-refractivity contribution in [1.82, 2.24) is 44.6 Å². The minimum atomic E-state index is -0.313. The first-order chi connectivity index (χ1) is 12.2. The van der Waals surface area contributed by atoms with Crippen LogP contribution >= 0.6 is 0 Å². The van der Waals surface area contributed by atoms with Crippen molar-refractivity contribution < 1.29 is 4.79 Å². The summed E-state index contributed by atoms with van der Waals surface area (Å²) < 4.78 is 4.83. The summed E-state index contributed by atoms with van der Waals surface area (Å²) >= 11 is 0. The fourth-order valence-electron chi connectivity index (χ4n) is 2.48. The molecule has 0 fully saturated rings. The van der Waals surface area contributed by atoms with Gasteiger partial charge in [0, 0.05) is 24.5 Å². The molecule has 4 aromatic rings. The van der Waals surface area contributed by atoms with Crippen LogP contribution in [0.1, 0.15) is 6.92 Å². The standard InChI is InChI=1S/C14H14N10O/c1-2-23-11(5-6-16-23)10-3-4-12-17-14(19-24(12)7-10)18-13(25)8-22-9-15-20-21-22/h3-7,9H,2,8H2,1H3,(H,18,19,25). The molecule has 0 radical (unpaired) electrons. The molecule has 11 heteroatoms. The van der Waals surface area contributed by atoms with Gasteiger partial charge in [0.15, 0.2) is 5.65 Å². The van der Waals surface area contributed by atoms with E-state index in [4.69, 9.17) is 0 Å². The quantitative estimate of drug-likeness (QED) is 0.553. The topological polar surface area (TPSA) is 121 Å². The predicted octanol–water partition coefficient (Wildman–Crippen LogP) is 0.238. The van der Waals surface area contributed by atoms with Crippen molar-refractivity contribution in [3.63, 3.8) is 0 Å². The van der Waals surface area contributed by atoms with Gasteiger partial charge in [-0.25, -0.2) is 9.20 Å². The van der Waals surface area contributed by atoms with Gasteiger partial charge < -0.3 is 0 Å². The molecule has 0 aromatic carbocycles. The molecule has 1 amide bonds. The van der Waals surface area contributed by atoms with Gasteiger partial charge in [-0.2, -0.15) is 10.1 Å². The highest BCUT2D eigenvalue weighted by atomic mass is 16.2. The third kappa shape index (κ3) is 2.94. The minimum absolute atomic E-state index is 0.0104. The second-order valence-corrected chi connectivity index (χ2v) is 5.24. The zero-order valence-electron chi connectivity index (χ0n) is 13.3. The van der Waals surface area contributed by atoms with Crippen molar-refractivity contribution >= 4 is 17.5 Å². The van der Waals surface area contributed by atoms with Crippen LogP contribution in [0.25, 0.3) is 16.9 Å². The Balaban J connectivity index is 1.57. The van der Waals surface area contributed by atoms with Crippen LogP contribution in [0.5, 0.6) is 0 Å². The number of carbonyl (C=O) groups excluding carboxylic acids is 1. The average Bonchev–Trinajstić information content (AvgIpc) is 3.33. The monoisotopic (exact) mass is 338 g/mol. The number of pyridine rings is 1. The maximum atomic E-state index is 12.0. The van der Waals surface area contributed by atoms with Crippen LogP contribution in [0, 0.1) is 0 Å². The molecule has 0 unspecified atom stereocenters. The normalized spacial score (nSPS) is 11.1. The van der Waals surface area contributed by atoms with Crippen molar-refractivity contribution in [2.75, 3.05) is 5.32 Å². The van der Waals surface area contributed by atoms with E-state index in [1.807, 2.05) is 36.0 Å². The lowest BCUT2D eigenvalue weighted by Crippen LogP contribution is -2.19. The second kappa shape index (κ2) is 6.11. The molecule has 4 heterocycles. The number of fused-ring (bicyclic) bond motifs is 1. The average molecular weight is 338 g/mol. The summed E-state index contributed by atoms with van der Waals surface area (Å²) in [5.74, 6) is -0.0910.